The summed E-state index contributed by atoms with van der Waals surface area (Å²) in [5.74, 6) is 1.80. The van der Waals surface area contributed by atoms with E-state index in [0.717, 1.165) is 32.5 Å². The summed E-state index contributed by atoms with van der Waals surface area (Å²) in [6.45, 7) is 8.81. The van der Waals surface area contributed by atoms with Gasteiger partial charge in [0, 0.05) is 25.0 Å². The molecule has 1 saturated heterocycles. The standard InChI is InChI=1S/C15H30N2O2/c1-11(2)13(6-8-16)4-5-15(18)17-12(3)14-7-9-19-10-14/h11-14H,4-10,16H2,1-3H3,(H,17,18). The molecule has 0 bridgehead atoms. The molecule has 1 amide bonds. The molecule has 1 fully saturated rings. The van der Waals surface area contributed by atoms with Crippen molar-refractivity contribution in [1.82, 2.24) is 5.32 Å². The fourth-order valence-corrected chi connectivity index (χ4v) is 2.73. The van der Waals surface area contributed by atoms with E-state index in [1.807, 2.05) is 0 Å². The van der Waals surface area contributed by atoms with Crippen LogP contribution in [0, 0.1) is 17.8 Å². The maximum atomic E-state index is 12.0. The number of ether oxygens (including phenoxy) is 1. The number of hydrogen-bond donors (Lipinski definition) is 2. The van der Waals surface area contributed by atoms with Crippen LogP contribution >= 0.6 is 0 Å². The zero-order chi connectivity index (χ0) is 14.3. The summed E-state index contributed by atoms with van der Waals surface area (Å²) >= 11 is 0. The molecule has 1 heterocycles. The van der Waals surface area contributed by atoms with E-state index in [1.165, 1.54) is 0 Å². The molecule has 1 aliphatic rings. The Bertz CT molecular complexity index is 263. The van der Waals surface area contributed by atoms with E-state index in [1.54, 1.807) is 0 Å². The number of rotatable bonds is 8. The maximum Gasteiger partial charge on any atom is 0.220 e. The zero-order valence-electron chi connectivity index (χ0n) is 12.7. The highest BCUT2D eigenvalue weighted by molar-refractivity contribution is 5.76. The first-order valence-corrected chi connectivity index (χ1v) is 7.61. The summed E-state index contributed by atoms with van der Waals surface area (Å²) in [7, 11) is 0. The number of carbonyl (C=O) groups is 1. The highest BCUT2D eigenvalue weighted by Crippen LogP contribution is 2.21. The topological polar surface area (TPSA) is 64.4 Å². The third-order valence-corrected chi connectivity index (χ3v) is 4.28. The molecule has 0 aromatic carbocycles. The number of hydrogen-bond acceptors (Lipinski definition) is 3. The highest BCUT2D eigenvalue weighted by atomic mass is 16.5. The molecule has 3 unspecified atom stereocenters. The van der Waals surface area contributed by atoms with Gasteiger partial charge in [0.2, 0.25) is 5.91 Å². The molecule has 0 aromatic rings. The monoisotopic (exact) mass is 270 g/mol. The first-order chi connectivity index (χ1) is 9.04. The first-order valence-electron chi connectivity index (χ1n) is 7.61. The Hall–Kier alpha value is -0.610. The van der Waals surface area contributed by atoms with Gasteiger partial charge in [-0.2, -0.15) is 0 Å². The van der Waals surface area contributed by atoms with Gasteiger partial charge in [-0.15, -0.1) is 0 Å². The Balaban J connectivity index is 2.25. The van der Waals surface area contributed by atoms with Crippen LogP contribution in [0.25, 0.3) is 0 Å². The Morgan fingerprint density at radius 3 is 2.63 bits per heavy atom. The van der Waals surface area contributed by atoms with E-state index >= 15 is 0 Å². The van der Waals surface area contributed by atoms with E-state index in [9.17, 15) is 4.79 Å². The highest BCUT2D eigenvalue weighted by Gasteiger charge is 2.23. The van der Waals surface area contributed by atoms with Gasteiger partial charge in [-0.05, 0) is 44.6 Å². The zero-order valence-corrected chi connectivity index (χ0v) is 12.7. The minimum Gasteiger partial charge on any atom is -0.381 e. The fourth-order valence-electron chi connectivity index (χ4n) is 2.73. The van der Waals surface area contributed by atoms with Gasteiger partial charge in [-0.1, -0.05) is 13.8 Å². The Labute approximate surface area is 117 Å². The van der Waals surface area contributed by atoms with Crippen molar-refractivity contribution in [2.24, 2.45) is 23.5 Å². The number of nitrogens with two attached hydrogens (primary N) is 1. The molecule has 4 nitrogen and oxygen atoms in total. The van der Waals surface area contributed by atoms with Gasteiger partial charge in [-0.3, -0.25) is 4.79 Å². The minimum absolute atomic E-state index is 0.169. The lowest BCUT2D eigenvalue weighted by molar-refractivity contribution is -0.122. The predicted molar refractivity (Wildman–Crippen MR) is 77.8 cm³/mol. The molecule has 0 radical (unpaired) electrons. The maximum absolute atomic E-state index is 12.0. The van der Waals surface area contributed by atoms with Crippen LogP contribution in [-0.4, -0.2) is 31.7 Å². The van der Waals surface area contributed by atoms with Crippen molar-refractivity contribution in [3.05, 3.63) is 0 Å². The van der Waals surface area contributed by atoms with E-state index in [-0.39, 0.29) is 11.9 Å². The van der Waals surface area contributed by atoms with Crippen molar-refractivity contribution in [3.63, 3.8) is 0 Å². The number of nitrogens with one attached hydrogen (secondary N) is 1. The molecule has 4 heteroatoms. The second-order valence-corrected chi connectivity index (χ2v) is 6.10. The second-order valence-electron chi connectivity index (χ2n) is 6.10. The molecule has 1 aliphatic heterocycles. The third kappa shape index (κ3) is 5.91. The van der Waals surface area contributed by atoms with E-state index in [0.29, 0.717) is 30.7 Å². The lowest BCUT2D eigenvalue weighted by Crippen LogP contribution is -2.38. The largest absolute Gasteiger partial charge is 0.381 e. The number of carbonyl (C=O) groups excluding carboxylic acids is 1. The SMILES string of the molecule is CC(C)C(CCN)CCC(=O)NC(C)C1CCOC1. The van der Waals surface area contributed by atoms with Crippen molar-refractivity contribution in [2.45, 2.75) is 52.5 Å². The molecule has 3 N–H and O–H groups in total. The Kier molecular flexibility index (Phi) is 7.39. The van der Waals surface area contributed by atoms with Gasteiger partial charge in [0.05, 0.1) is 6.61 Å². The van der Waals surface area contributed by atoms with Crippen LogP contribution in [0.5, 0.6) is 0 Å². The average molecular weight is 270 g/mol. The van der Waals surface area contributed by atoms with Crippen LogP contribution in [0.3, 0.4) is 0 Å². The molecule has 3 atom stereocenters. The van der Waals surface area contributed by atoms with Gasteiger partial charge in [0.15, 0.2) is 0 Å². The van der Waals surface area contributed by atoms with Crippen LogP contribution in [-0.2, 0) is 9.53 Å². The van der Waals surface area contributed by atoms with E-state index in [4.69, 9.17) is 10.5 Å². The average Bonchev–Trinajstić information content (AvgIpc) is 2.87. The summed E-state index contributed by atoms with van der Waals surface area (Å²) in [6.07, 6.45) is 3.62. The van der Waals surface area contributed by atoms with Crippen LogP contribution in [0.2, 0.25) is 0 Å². The van der Waals surface area contributed by atoms with Crippen molar-refractivity contribution in [2.75, 3.05) is 19.8 Å². The Morgan fingerprint density at radius 2 is 2.11 bits per heavy atom. The smallest absolute Gasteiger partial charge is 0.220 e. The molecule has 0 saturated carbocycles. The van der Waals surface area contributed by atoms with Crippen molar-refractivity contribution in [1.29, 1.82) is 0 Å². The molecule has 112 valence electrons. The van der Waals surface area contributed by atoms with E-state index in [2.05, 4.69) is 26.1 Å². The molecule has 19 heavy (non-hydrogen) atoms. The summed E-state index contributed by atoms with van der Waals surface area (Å²) < 4.78 is 5.36. The van der Waals surface area contributed by atoms with Crippen molar-refractivity contribution in [3.8, 4) is 0 Å². The Morgan fingerprint density at radius 1 is 1.37 bits per heavy atom. The lowest BCUT2D eigenvalue weighted by atomic mass is 9.88. The summed E-state index contributed by atoms with van der Waals surface area (Å²) in [5, 5.41) is 3.11. The summed E-state index contributed by atoms with van der Waals surface area (Å²) in [6, 6.07) is 0.224. The molecule has 0 spiro atoms. The third-order valence-electron chi connectivity index (χ3n) is 4.28. The van der Waals surface area contributed by atoms with Gasteiger partial charge < -0.3 is 15.8 Å². The molecular formula is C15H30N2O2. The molecular weight excluding hydrogens is 240 g/mol. The fraction of sp³-hybridized carbons (Fsp3) is 0.933. The van der Waals surface area contributed by atoms with E-state index < -0.39 is 0 Å². The summed E-state index contributed by atoms with van der Waals surface area (Å²) in [4.78, 5) is 12.0. The van der Waals surface area contributed by atoms with Gasteiger partial charge >= 0.3 is 0 Å². The van der Waals surface area contributed by atoms with Crippen LogP contribution < -0.4 is 11.1 Å². The van der Waals surface area contributed by atoms with Crippen LogP contribution in [0.15, 0.2) is 0 Å². The first kappa shape index (κ1) is 16.4. The molecule has 1 rings (SSSR count). The molecule has 0 aromatic heterocycles. The quantitative estimate of drug-likeness (QED) is 0.708. The van der Waals surface area contributed by atoms with Gasteiger partial charge in [0.1, 0.15) is 0 Å². The van der Waals surface area contributed by atoms with Crippen molar-refractivity contribution >= 4 is 5.91 Å². The van der Waals surface area contributed by atoms with Crippen LogP contribution in [0.4, 0.5) is 0 Å². The van der Waals surface area contributed by atoms with Gasteiger partial charge in [0.25, 0.3) is 0 Å². The minimum atomic E-state index is 0.169. The predicted octanol–water partition coefficient (Wildman–Crippen LogP) is 1.93. The second kappa shape index (κ2) is 8.54. The number of amides is 1. The normalized spacial score (nSPS) is 22.5. The summed E-state index contributed by atoms with van der Waals surface area (Å²) in [5.41, 5.74) is 5.62. The lowest BCUT2D eigenvalue weighted by Gasteiger charge is -2.22. The van der Waals surface area contributed by atoms with Crippen LogP contribution in [0.1, 0.15) is 46.5 Å². The molecule has 0 aliphatic carbocycles. The van der Waals surface area contributed by atoms with Gasteiger partial charge in [-0.25, -0.2) is 0 Å². The van der Waals surface area contributed by atoms with Crippen molar-refractivity contribution < 1.29 is 9.53 Å².